The standard InChI is InChI=1S/C15H30N2.ClH/c1-3-13(2)17(14-7-5-4-6-8-14)15-9-11-16-12-10-15;/h13-16H,3-12H2,1-2H3;1H. The largest absolute Gasteiger partial charge is 0.317 e. The van der Waals surface area contributed by atoms with Crippen LogP contribution in [0.5, 0.6) is 0 Å². The molecule has 1 unspecified atom stereocenters. The van der Waals surface area contributed by atoms with Gasteiger partial charge in [0.15, 0.2) is 0 Å². The topological polar surface area (TPSA) is 15.3 Å². The summed E-state index contributed by atoms with van der Waals surface area (Å²) in [7, 11) is 0. The van der Waals surface area contributed by atoms with E-state index in [1.807, 2.05) is 0 Å². The van der Waals surface area contributed by atoms with Crippen molar-refractivity contribution in [2.75, 3.05) is 13.1 Å². The third kappa shape index (κ3) is 4.11. The molecule has 3 heteroatoms. The van der Waals surface area contributed by atoms with Gasteiger partial charge < -0.3 is 5.32 Å². The molecule has 2 nitrogen and oxygen atoms in total. The van der Waals surface area contributed by atoms with Crippen LogP contribution in [-0.2, 0) is 0 Å². The molecular weight excluding hydrogens is 244 g/mol. The van der Waals surface area contributed by atoms with Crippen molar-refractivity contribution in [3.8, 4) is 0 Å². The maximum Gasteiger partial charge on any atom is 0.0125 e. The molecule has 1 N–H and O–H groups in total. The number of hydrogen-bond donors (Lipinski definition) is 1. The smallest absolute Gasteiger partial charge is 0.0125 e. The quantitative estimate of drug-likeness (QED) is 0.843. The van der Waals surface area contributed by atoms with E-state index in [-0.39, 0.29) is 12.4 Å². The van der Waals surface area contributed by atoms with Crippen LogP contribution >= 0.6 is 12.4 Å². The first-order valence-electron chi connectivity index (χ1n) is 7.81. The van der Waals surface area contributed by atoms with Crippen LogP contribution in [0, 0.1) is 0 Å². The van der Waals surface area contributed by atoms with Crippen LogP contribution in [0.3, 0.4) is 0 Å². The van der Waals surface area contributed by atoms with Crippen molar-refractivity contribution in [3.63, 3.8) is 0 Å². The molecule has 1 atom stereocenters. The van der Waals surface area contributed by atoms with E-state index in [4.69, 9.17) is 0 Å². The van der Waals surface area contributed by atoms with Crippen molar-refractivity contribution in [3.05, 3.63) is 0 Å². The average molecular weight is 275 g/mol. The SMILES string of the molecule is CCC(C)N(C1CCCCC1)C1CCNCC1.Cl. The van der Waals surface area contributed by atoms with E-state index in [1.54, 1.807) is 0 Å². The van der Waals surface area contributed by atoms with Crippen LogP contribution in [0.1, 0.15) is 65.2 Å². The molecule has 0 aromatic rings. The van der Waals surface area contributed by atoms with Gasteiger partial charge in [0.05, 0.1) is 0 Å². The van der Waals surface area contributed by atoms with Gasteiger partial charge in [-0.2, -0.15) is 0 Å². The van der Waals surface area contributed by atoms with Crippen LogP contribution in [0.2, 0.25) is 0 Å². The van der Waals surface area contributed by atoms with E-state index in [9.17, 15) is 0 Å². The number of piperidine rings is 1. The van der Waals surface area contributed by atoms with Crippen LogP contribution in [0.25, 0.3) is 0 Å². The maximum atomic E-state index is 3.50. The lowest BCUT2D eigenvalue weighted by Gasteiger charge is -2.45. The molecule has 1 saturated carbocycles. The molecule has 0 radical (unpaired) electrons. The van der Waals surface area contributed by atoms with Gasteiger partial charge in [-0.05, 0) is 52.1 Å². The zero-order chi connectivity index (χ0) is 12.1. The Labute approximate surface area is 119 Å². The first-order chi connectivity index (χ1) is 8.33. The van der Waals surface area contributed by atoms with Gasteiger partial charge in [0.1, 0.15) is 0 Å². The Bertz CT molecular complexity index is 193. The van der Waals surface area contributed by atoms with Gasteiger partial charge in [0.2, 0.25) is 0 Å². The molecule has 1 aliphatic heterocycles. The molecule has 0 aromatic heterocycles. The van der Waals surface area contributed by atoms with E-state index in [2.05, 4.69) is 24.1 Å². The summed E-state index contributed by atoms with van der Waals surface area (Å²) in [5.41, 5.74) is 0. The van der Waals surface area contributed by atoms with Crippen LogP contribution in [0.15, 0.2) is 0 Å². The summed E-state index contributed by atoms with van der Waals surface area (Å²) in [5, 5.41) is 3.50. The van der Waals surface area contributed by atoms with E-state index < -0.39 is 0 Å². The van der Waals surface area contributed by atoms with Gasteiger partial charge in [-0.3, -0.25) is 4.90 Å². The zero-order valence-corrected chi connectivity index (χ0v) is 13.0. The minimum absolute atomic E-state index is 0. The number of nitrogens with one attached hydrogen (secondary N) is 1. The molecule has 0 spiro atoms. The highest BCUT2D eigenvalue weighted by Crippen LogP contribution is 2.29. The highest BCUT2D eigenvalue weighted by Gasteiger charge is 2.31. The van der Waals surface area contributed by atoms with Crippen LogP contribution in [0.4, 0.5) is 0 Å². The Hall–Kier alpha value is 0.210. The zero-order valence-electron chi connectivity index (χ0n) is 12.2. The van der Waals surface area contributed by atoms with E-state index in [0.29, 0.717) is 0 Å². The lowest BCUT2D eigenvalue weighted by atomic mass is 9.90. The van der Waals surface area contributed by atoms with Crippen molar-refractivity contribution in [1.82, 2.24) is 10.2 Å². The average Bonchev–Trinajstić information content (AvgIpc) is 2.41. The predicted octanol–water partition coefficient (Wildman–Crippen LogP) is 3.59. The number of nitrogens with zero attached hydrogens (tertiary/aromatic N) is 1. The molecule has 0 bridgehead atoms. The first-order valence-corrected chi connectivity index (χ1v) is 7.81. The summed E-state index contributed by atoms with van der Waals surface area (Å²) in [4.78, 5) is 2.90. The van der Waals surface area contributed by atoms with Gasteiger partial charge in [-0.1, -0.05) is 26.2 Å². The summed E-state index contributed by atoms with van der Waals surface area (Å²) in [6.07, 6.45) is 11.3. The second-order valence-electron chi connectivity index (χ2n) is 5.98. The van der Waals surface area contributed by atoms with E-state index in [0.717, 1.165) is 18.1 Å². The molecule has 2 aliphatic rings. The molecule has 2 fully saturated rings. The third-order valence-electron chi connectivity index (χ3n) is 4.83. The summed E-state index contributed by atoms with van der Waals surface area (Å²) in [6, 6.07) is 2.53. The predicted molar refractivity (Wildman–Crippen MR) is 81.6 cm³/mol. The molecule has 1 aliphatic carbocycles. The summed E-state index contributed by atoms with van der Waals surface area (Å²) in [5.74, 6) is 0. The Morgan fingerprint density at radius 2 is 1.56 bits per heavy atom. The van der Waals surface area contributed by atoms with Crippen molar-refractivity contribution in [1.29, 1.82) is 0 Å². The van der Waals surface area contributed by atoms with Crippen molar-refractivity contribution < 1.29 is 0 Å². The summed E-state index contributed by atoms with van der Waals surface area (Å²) >= 11 is 0. The second kappa shape index (κ2) is 8.39. The monoisotopic (exact) mass is 274 g/mol. The van der Waals surface area contributed by atoms with Gasteiger partial charge in [-0.25, -0.2) is 0 Å². The Kier molecular flexibility index (Phi) is 7.59. The Balaban J connectivity index is 0.00000162. The number of rotatable bonds is 4. The minimum atomic E-state index is 0. The molecule has 1 saturated heterocycles. The molecule has 2 rings (SSSR count). The lowest BCUT2D eigenvalue weighted by molar-refractivity contribution is 0.0460. The fourth-order valence-electron chi connectivity index (χ4n) is 3.71. The van der Waals surface area contributed by atoms with Crippen molar-refractivity contribution in [2.45, 2.75) is 83.3 Å². The molecule has 1 heterocycles. The molecule has 0 aromatic carbocycles. The van der Waals surface area contributed by atoms with Gasteiger partial charge >= 0.3 is 0 Å². The van der Waals surface area contributed by atoms with E-state index >= 15 is 0 Å². The Morgan fingerprint density at radius 3 is 2.11 bits per heavy atom. The fraction of sp³-hybridized carbons (Fsp3) is 1.00. The number of hydrogen-bond acceptors (Lipinski definition) is 2. The first kappa shape index (κ1) is 16.3. The van der Waals surface area contributed by atoms with Gasteiger partial charge in [-0.15, -0.1) is 12.4 Å². The highest BCUT2D eigenvalue weighted by molar-refractivity contribution is 5.85. The lowest BCUT2D eigenvalue weighted by Crippen LogP contribution is -2.52. The van der Waals surface area contributed by atoms with Crippen LogP contribution < -0.4 is 5.32 Å². The van der Waals surface area contributed by atoms with E-state index in [1.165, 1.54) is 64.5 Å². The van der Waals surface area contributed by atoms with Crippen molar-refractivity contribution in [2.24, 2.45) is 0 Å². The molecule has 18 heavy (non-hydrogen) atoms. The fourth-order valence-corrected chi connectivity index (χ4v) is 3.71. The molecule has 0 amide bonds. The molecular formula is C15H31ClN2. The van der Waals surface area contributed by atoms with Crippen LogP contribution in [-0.4, -0.2) is 36.1 Å². The van der Waals surface area contributed by atoms with Gasteiger partial charge in [0.25, 0.3) is 0 Å². The maximum absolute atomic E-state index is 3.50. The van der Waals surface area contributed by atoms with Gasteiger partial charge in [0, 0.05) is 18.1 Å². The van der Waals surface area contributed by atoms with Crippen molar-refractivity contribution >= 4 is 12.4 Å². The second-order valence-corrected chi connectivity index (χ2v) is 5.98. The normalized spacial score (nSPS) is 24.8. The number of halogens is 1. The third-order valence-corrected chi connectivity index (χ3v) is 4.83. The highest BCUT2D eigenvalue weighted by atomic mass is 35.5. The molecule has 108 valence electrons. The summed E-state index contributed by atoms with van der Waals surface area (Å²) < 4.78 is 0. The summed E-state index contributed by atoms with van der Waals surface area (Å²) in [6.45, 7) is 7.24. The minimum Gasteiger partial charge on any atom is -0.317 e. The Morgan fingerprint density at radius 1 is 1.00 bits per heavy atom.